The summed E-state index contributed by atoms with van der Waals surface area (Å²) in [4.78, 5) is 56.1. The van der Waals surface area contributed by atoms with Crippen LogP contribution in [0.25, 0.3) is 6.08 Å². The third-order valence-electron chi connectivity index (χ3n) is 6.88. The number of benzene rings is 3. The molecule has 5 rings (SSSR count). The summed E-state index contributed by atoms with van der Waals surface area (Å²) >= 11 is 7.20. The summed E-state index contributed by atoms with van der Waals surface area (Å²) in [5.74, 6) is -0.807. The standard InChI is InChI=1S/C31H29ClN4O6S/c1-41-25-17-21(16-24(32)29(25)42-20-27(37)33-22-8-4-2-5-9-22)18-26-30(39)36(31(40)43-26)19-28(38)35-14-12-34(13-15-35)23-10-6-3-7-11-23/h2-11,16-18H,12-15,19-20H2,1H3,(H,33,37)/b26-18+. The number of methoxy groups -OCH3 is 1. The van der Waals surface area contributed by atoms with Crippen molar-refractivity contribution in [3.63, 3.8) is 0 Å². The number of nitrogens with one attached hydrogen (secondary N) is 1. The Morgan fingerprint density at radius 3 is 2.33 bits per heavy atom. The van der Waals surface area contributed by atoms with Gasteiger partial charge in [0.15, 0.2) is 18.1 Å². The largest absolute Gasteiger partial charge is 0.493 e. The lowest BCUT2D eigenvalue weighted by Gasteiger charge is -2.36. The second kappa shape index (κ2) is 13.7. The topological polar surface area (TPSA) is 108 Å². The van der Waals surface area contributed by atoms with E-state index in [1.165, 1.54) is 13.2 Å². The zero-order valence-corrected chi connectivity index (χ0v) is 24.9. The van der Waals surface area contributed by atoms with Gasteiger partial charge in [0.2, 0.25) is 5.91 Å². The van der Waals surface area contributed by atoms with E-state index in [1.807, 2.05) is 36.4 Å². The fraction of sp³-hybridized carbons (Fsp3) is 0.226. The van der Waals surface area contributed by atoms with Gasteiger partial charge in [-0.1, -0.05) is 48.0 Å². The molecule has 2 heterocycles. The minimum atomic E-state index is -0.556. The Morgan fingerprint density at radius 1 is 0.977 bits per heavy atom. The second-order valence-electron chi connectivity index (χ2n) is 9.71. The number of hydrogen-bond donors (Lipinski definition) is 1. The van der Waals surface area contributed by atoms with E-state index in [9.17, 15) is 19.2 Å². The lowest BCUT2D eigenvalue weighted by Crippen LogP contribution is -2.51. The molecule has 3 aromatic rings. The predicted molar refractivity (Wildman–Crippen MR) is 166 cm³/mol. The fourth-order valence-electron chi connectivity index (χ4n) is 4.70. The molecule has 1 N–H and O–H groups in total. The van der Waals surface area contributed by atoms with Crippen molar-refractivity contribution in [2.75, 3.05) is 56.7 Å². The third-order valence-corrected chi connectivity index (χ3v) is 8.06. The molecule has 2 saturated heterocycles. The van der Waals surface area contributed by atoms with Crippen molar-refractivity contribution >= 4 is 63.8 Å². The molecule has 43 heavy (non-hydrogen) atoms. The van der Waals surface area contributed by atoms with Crippen LogP contribution in [0, 0.1) is 0 Å². The van der Waals surface area contributed by atoms with E-state index in [2.05, 4.69) is 10.2 Å². The van der Waals surface area contributed by atoms with Crippen LogP contribution in [0.2, 0.25) is 5.02 Å². The van der Waals surface area contributed by atoms with Crippen LogP contribution in [0.4, 0.5) is 16.2 Å². The Hall–Kier alpha value is -4.48. The van der Waals surface area contributed by atoms with Gasteiger partial charge in [-0.15, -0.1) is 0 Å². The van der Waals surface area contributed by atoms with E-state index >= 15 is 0 Å². The Morgan fingerprint density at radius 2 is 1.65 bits per heavy atom. The van der Waals surface area contributed by atoms with E-state index in [0.717, 1.165) is 22.3 Å². The van der Waals surface area contributed by atoms with Gasteiger partial charge in [0.05, 0.1) is 17.0 Å². The number of nitrogens with zero attached hydrogens (tertiary/aromatic N) is 3. The lowest BCUT2D eigenvalue weighted by molar-refractivity contribution is -0.136. The molecule has 12 heteroatoms. The van der Waals surface area contributed by atoms with Crippen LogP contribution < -0.4 is 19.7 Å². The van der Waals surface area contributed by atoms with E-state index < -0.39 is 11.1 Å². The highest BCUT2D eigenvalue weighted by Gasteiger charge is 2.37. The van der Waals surface area contributed by atoms with Gasteiger partial charge in [-0.3, -0.25) is 24.1 Å². The van der Waals surface area contributed by atoms with Gasteiger partial charge in [-0.05, 0) is 59.8 Å². The molecule has 0 spiro atoms. The minimum Gasteiger partial charge on any atom is -0.493 e. The van der Waals surface area contributed by atoms with Crippen LogP contribution >= 0.6 is 23.4 Å². The predicted octanol–water partition coefficient (Wildman–Crippen LogP) is 4.75. The first kappa shape index (κ1) is 30.0. The summed E-state index contributed by atoms with van der Waals surface area (Å²) in [5, 5.41) is 2.36. The zero-order chi connectivity index (χ0) is 30.3. The molecule has 0 saturated carbocycles. The van der Waals surface area contributed by atoms with Crippen LogP contribution in [-0.2, 0) is 14.4 Å². The van der Waals surface area contributed by atoms with Gasteiger partial charge in [0.25, 0.3) is 17.1 Å². The second-order valence-corrected chi connectivity index (χ2v) is 11.1. The number of carbonyl (C=O) groups is 4. The number of piperazine rings is 1. The number of rotatable bonds is 9. The molecule has 0 radical (unpaired) electrons. The number of para-hydroxylation sites is 2. The number of amides is 4. The fourth-order valence-corrected chi connectivity index (χ4v) is 5.81. The smallest absolute Gasteiger partial charge is 0.294 e. The molecule has 0 atom stereocenters. The van der Waals surface area contributed by atoms with Gasteiger partial charge in [-0.2, -0.15) is 0 Å². The first-order valence-electron chi connectivity index (χ1n) is 13.5. The van der Waals surface area contributed by atoms with E-state index in [4.69, 9.17) is 21.1 Å². The third kappa shape index (κ3) is 7.30. The lowest BCUT2D eigenvalue weighted by atomic mass is 10.1. The molecular weight excluding hydrogens is 592 g/mol. The maximum atomic E-state index is 13.1. The number of thioether (sulfide) groups is 1. The molecule has 0 aliphatic carbocycles. The summed E-state index contributed by atoms with van der Waals surface area (Å²) < 4.78 is 11.1. The SMILES string of the molecule is COc1cc(/C=C2/SC(=O)N(CC(=O)N3CCN(c4ccccc4)CC3)C2=O)cc(Cl)c1OCC(=O)Nc1ccccc1. The molecule has 222 valence electrons. The Bertz CT molecular complexity index is 1540. The number of hydrogen-bond acceptors (Lipinski definition) is 8. The number of imide groups is 1. The van der Waals surface area contributed by atoms with Gasteiger partial charge < -0.3 is 24.6 Å². The van der Waals surface area contributed by atoms with Crippen LogP contribution in [-0.4, -0.2) is 79.2 Å². The molecule has 3 aromatic carbocycles. The van der Waals surface area contributed by atoms with Crippen molar-refractivity contribution in [3.8, 4) is 11.5 Å². The van der Waals surface area contributed by atoms with Crippen LogP contribution in [0.15, 0.2) is 77.7 Å². The molecule has 10 nitrogen and oxygen atoms in total. The van der Waals surface area contributed by atoms with Gasteiger partial charge in [-0.25, -0.2) is 0 Å². The van der Waals surface area contributed by atoms with Crippen molar-refractivity contribution in [2.24, 2.45) is 0 Å². The highest BCUT2D eigenvalue weighted by Crippen LogP contribution is 2.39. The van der Waals surface area contributed by atoms with Gasteiger partial charge >= 0.3 is 0 Å². The molecule has 2 fully saturated rings. The van der Waals surface area contributed by atoms with Crippen molar-refractivity contribution in [1.82, 2.24) is 9.80 Å². The van der Waals surface area contributed by atoms with Gasteiger partial charge in [0, 0.05) is 37.6 Å². The highest BCUT2D eigenvalue weighted by molar-refractivity contribution is 8.18. The quantitative estimate of drug-likeness (QED) is 0.342. The average molecular weight is 621 g/mol. The number of ether oxygens (including phenoxy) is 2. The number of carbonyl (C=O) groups excluding carboxylic acids is 4. The Kier molecular flexibility index (Phi) is 9.53. The Labute approximate surface area is 258 Å². The molecular formula is C31H29ClN4O6S. The first-order valence-corrected chi connectivity index (χ1v) is 14.7. The molecule has 2 aliphatic heterocycles. The molecule has 0 bridgehead atoms. The molecule has 0 aromatic heterocycles. The molecule has 2 aliphatic rings. The van der Waals surface area contributed by atoms with Crippen molar-refractivity contribution in [1.29, 1.82) is 0 Å². The maximum absolute atomic E-state index is 13.1. The van der Waals surface area contributed by atoms with Crippen molar-refractivity contribution in [3.05, 3.63) is 88.3 Å². The normalized spacial score (nSPS) is 16.0. The number of anilines is 2. The minimum absolute atomic E-state index is 0.153. The summed E-state index contributed by atoms with van der Waals surface area (Å²) in [7, 11) is 1.42. The summed E-state index contributed by atoms with van der Waals surface area (Å²) in [6.07, 6.45) is 1.51. The van der Waals surface area contributed by atoms with Crippen molar-refractivity contribution < 1.29 is 28.7 Å². The van der Waals surface area contributed by atoms with Crippen LogP contribution in [0.5, 0.6) is 11.5 Å². The summed E-state index contributed by atoms with van der Waals surface area (Å²) in [6, 6.07) is 22.0. The summed E-state index contributed by atoms with van der Waals surface area (Å²) in [5.41, 5.74) is 2.21. The number of halogens is 1. The molecule has 0 unspecified atom stereocenters. The average Bonchev–Trinajstić information content (AvgIpc) is 3.28. The zero-order valence-electron chi connectivity index (χ0n) is 23.3. The van der Waals surface area contributed by atoms with Crippen LogP contribution in [0.3, 0.4) is 0 Å². The monoisotopic (exact) mass is 620 g/mol. The summed E-state index contributed by atoms with van der Waals surface area (Å²) in [6.45, 7) is 1.70. The highest BCUT2D eigenvalue weighted by atomic mass is 35.5. The van der Waals surface area contributed by atoms with E-state index in [-0.39, 0.29) is 46.4 Å². The van der Waals surface area contributed by atoms with Gasteiger partial charge in [0.1, 0.15) is 6.54 Å². The first-order chi connectivity index (χ1) is 20.8. The van der Waals surface area contributed by atoms with E-state index in [0.29, 0.717) is 37.4 Å². The Balaban J connectivity index is 1.19. The van der Waals surface area contributed by atoms with E-state index in [1.54, 1.807) is 41.3 Å². The molecule has 4 amide bonds. The van der Waals surface area contributed by atoms with Crippen LogP contribution in [0.1, 0.15) is 5.56 Å². The maximum Gasteiger partial charge on any atom is 0.294 e. The van der Waals surface area contributed by atoms with Crippen molar-refractivity contribution in [2.45, 2.75) is 0 Å².